The normalized spacial score (nSPS) is 15.1. The van der Waals surface area contributed by atoms with E-state index in [1.165, 1.54) is 12.1 Å². The SMILES string of the molecule is [Li][C](Br)(C(=O)NCCS(=O)(=O)O)S(=O)(=O)c1ccc(C)cc1. The molecule has 2 N–H and O–H groups in total. The molecule has 0 heterocycles. The van der Waals surface area contributed by atoms with E-state index in [1.807, 2.05) is 0 Å². The van der Waals surface area contributed by atoms with Crippen molar-refractivity contribution in [3.8, 4) is 0 Å². The number of sulfone groups is 1. The number of hydrogen-bond acceptors (Lipinski definition) is 5. The number of aryl methyl sites for hydroxylation is 1. The van der Waals surface area contributed by atoms with E-state index in [9.17, 15) is 21.6 Å². The van der Waals surface area contributed by atoms with Gasteiger partial charge in [0, 0.05) is 0 Å². The van der Waals surface area contributed by atoms with Crippen molar-refractivity contribution in [2.45, 2.75) is 14.1 Å². The molecule has 1 atom stereocenters. The molecule has 0 saturated carbocycles. The number of nitrogens with one attached hydrogen (secondary N) is 1. The van der Waals surface area contributed by atoms with Gasteiger partial charge in [-0.25, -0.2) is 0 Å². The van der Waals surface area contributed by atoms with E-state index < -0.39 is 40.5 Å². The fourth-order valence-corrected chi connectivity index (χ4v) is 3.83. The summed E-state index contributed by atoms with van der Waals surface area (Å²) in [5.74, 6) is -1.62. The van der Waals surface area contributed by atoms with Crippen LogP contribution in [0.25, 0.3) is 0 Å². The van der Waals surface area contributed by atoms with Crippen molar-refractivity contribution in [3.05, 3.63) is 29.8 Å². The van der Waals surface area contributed by atoms with Gasteiger partial charge in [0.2, 0.25) is 0 Å². The Hall–Kier alpha value is -0.373. The van der Waals surface area contributed by atoms with Crippen LogP contribution in [0.2, 0.25) is 0 Å². The molecule has 22 heavy (non-hydrogen) atoms. The Balaban J connectivity index is 2.96. The first-order valence-corrected chi connectivity index (χ1v) is 10.00. The molecule has 0 radical (unpaired) electrons. The van der Waals surface area contributed by atoms with E-state index in [0.717, 1.165) is 23.3 Å². The summed E-state index contributed by atoms with van der Waals surface area (Å²) in [6.45, 7) is 1.40. The first-order valence-electron chi connectivity index (χ1n) is 6.11. The van der Waals surface area contributed by atoms with Gasteiger partial charge in [-0.2, -0.15) is 0 Å². The molecule has 1 aromatic carbocycles. The molecule has 11 heteroatoms. The third kappa shape index (κ3) is 4.81. The van der Waals surface area contributed by atoms with Crippen LogP contribution in [0.1, 0.15) is 5.56 Å². The third-order valence-corrected chi connectivity index (χ3v) is 7.33. The number of hydrogen-bond donors (Lipinski definition) is 2. The molecule has 0 bridgehead atoms. The molecule has 0 aliphatic heterocycles. The number of carbonyl (C=O) groups is 1. The minimum absolute atomic E-state index is 0.0394. The topological polar surface area (TPSA) is 118 Å². The average Bonchev–Trinajstić information content (AvgIpc) is 2.37. The summed E-state index contributed by atoms with van der Waals surface area (Å²) in [4.78, 5) is 12.0. The number of alkyl halides is 1. The summed E-state index contributed by atoms with van der Waals surface area (Å²) in [7, 11) is -8.26. The van der Waals surface area contributed by atoms with Gasteiger partial charge < -0.3 is 0 Å². The van der Waals surface area contributed by atoms with Crippen LogP contribution in [0.15, 0.2) is 29.2 Å². The Morgan fingerprint density at radius 2 is 1.77 bits per heavy atom. The quantitative estimate of drug-likeness (QED) is 0.390. The van der Waals surface area contributed by atoms with Crippen molar-refractivity contribution < 1.29 is 26.2 Å². The average molecular weight is 406 g/mol. The zero-order chi connectivity index (χ0) is 17.2. The second-order valence-electron chi connectivity index (χ2n) is 4.78. The van der Waals surface area contributed by atoms with Gasteiger partial charge in [0.25, 0.3) is 0 Å². The van der Waals surface area contributed by atoms with Crippen molar-refractivity contribution in [3.63, 3.8) is 0 Å². The second kappa shape index (κ2) is 7.03. The van der Waals surface area contributed by atoms with E-state index in [1.54, 1.807) is 19.1 Å². The van der Waals surface area contributed by atoms with Crippen molar-refractivity contribution >= 4 is 59.5 Å². The summed E-state index contributed by atoms with van der Waals surface area (Å²) < 4.78 is 52.8. The van der Waals surface area contributed by atoms with Crippen LogP contribution in [0.4, 0.5) is 0 Å². The molecule has 1 aromatic rings. The Kier molecular flexibility index (Phi) is 6.28. The molecule has 0 aliphatic carbocycles. The molecule has 118 valence electrons. The van der Waals surface area contributed by atoms with E-state index >= 15 is 0 Å². The van der Waals surface area contributed by atoms with Crippen molar-refractivity contribution in [1.82, 2.24) is 5.32 Å². The summed E-state index contributed by atoms with van der Waals surface area (Å²) in [5, 5.41) is 2.16. The van der Waals surface area contributed by atoms with Crippen LogP contribution in [-0.2, 0) is 24.7 Å². The van der Waals surface area contributed by atoms with Crippen LogP contribution < -0.4 is 5.32 Å². The van der Waals surface area contributed by atoms with Crippen molar-refractivity contribution in [2.24, 2.45) is 0 Å². The Morgan fingerprint density at radius 1 is 1.27 bits per heavy atom. The second-order valence-corrected chi connectivity index (χ2v) is 10.8. The molecule has 0 aromatic heterocycles. The Bertz CT molecular complexity index is 758. The standard InChI is InChI=1S/C11H13BrNO6S2.Li/c1-8-2-4-9(5-3-8)21(18,19)10(12)11(14)13-6-7-20(15,16)17;/h2-5H,6-7H2,1H3,(H,13,14)(H,15,16,17);. The number of amides is 1. The predicted octanol–water partition coefficient (Wildman–Crippen LogP) is -0.0101. The van der Waals surface area contributed by atoms with Crippen molar-refractivity contribution in [2.75, 3.05) is 12.3 Å². The molecule has 1 amide bonds. The van der Waals surface area contributed by atoms with Gasteiger partial charge in [0.15, 0.2) is 0 Å². The minimum atomic E-state index is -4.24. The van der Waals surface area contributed by atoms with Crippen LogP contribution in [0.3, 0.4) is 0 Å². The molecular weight excluding hydrogens is 393 g/mol. The molecule has 1 rings (SSSR count). The summed E-state index contributed by atoms with van der Waals surface area (Å²) in [6, 6.07) is 5.98. The number of benzene rings is 1. The van der Waals surface area contributed by atoms with E-state index in [0.29, 0.717) is 0 Å². The monoisotopic (exact) mass is 405 g/mol. The maximum absolute atomic E-state index is 12.5. The fourth-order valence-electron chi connectivity index (χ4n) is 1.51. The van der Waals surface area contributed by atoms with Crippen LogP contribution >= 0.6 is 15.9 Å². The maximum atomic E-state index is 12.5. The zero-order valence-corrected chi connectivity index (χ0v) is 15.1. The van der Waals surface area contributed by atoms with Gasteiger partial charge in [-0.1, -0.05) is 0 Å². The summed E-state index contributed by atoms with van der Waals surface area (Å²) in [6.07, 6.45) is 0. The van der Waals surface area contributed by atoms with Gasteiger partial charge in [0.1, 0.15) is 0 Å². The fraction of sp³-hybridized carbons (Fsp3) is 0.364. The number of carbonyl (C=O) groups excluding carboxylic acids is 1. The first-order chi connectivity index (χ1) is 9.88. The Morgan fingerprint density at radius 3 is 2.23 bits per heavy atom. The van der Waals surface area contributed by atoms with Gasteiger partial charge >= 0.3 is 147 Å². The third-order valence-electron chi connectivity index (χ3n) is 2.89. The molecule has 1 unspecified atom stereocenters. The molecule has 7 nitrogen and oxygen atoms in total. The molecule has 0 saturated heterocycles. The Labute approximate surface area is 146 Å². The van der Waals surface area contributed by atoms with E-state index in [-0.39, 0.29) is 4.90 Å². The first kappa shape index (κ1) is 19.7. The predicted molar refractivity (Wildman–Crippen MR) is 85.2 cm³/mol. The zero-order valence-electron chi connectivity index (χ0n) is 11.9. The molecular formula is C11H13BrLiNO6S2. The molecule has 0 fully saturated rings. The number of rotatable bonds is 6. The van der Waals surface area contributed by atoms with Crippen LogP contribution in [-0.4, -0.2) is 59.6 Å². The van der Waals surface area contributed by atoms with E-state index in [4.69, 9.17) is 4.55 Å². The van der Waals surface area contributed by atoms with Crippen LogP contribution in [0, 0.1) is 6.92 Å². The summed E-state index contributed by atoms with van der Waals surface area (Å²) >= 11 is 4.05. The van der Waals surface area contributed by atoms with Crippen molar-refractivity contribution in [1.29, 1.82) is 0 Å². The molecule has 0 spiro atoms. The van der Waals surface area contributed by atoms with Gasteiger partial charge in [-0.3, -0.25) is 0 Å². The molecule has 0 aliphatic rings. The van der Waals surface area contributed by atoms with E-state index in [2.05, 4.69) is 21.2 Å². The van der Waals surface area contributed by atoms with Gasteiger partial charge in [0.05, 0.1) is 0 Å². The number of halogens is 1. The van der Waals surface area contributed by atoms with Gasteiger partial charge in [-0.15, -0.1) is 0 Å². The summed E-state index contributed by atoms with van der Waals surface area (Å²) in [5.41, 5.74) is 0.868. The van der Waals surface area contributed by atoms with Gasteiger partial charge in [-0.05, 0) is 0 Å². The van der Waals surface area contributed by atoms with Crippen LogP contribution in [0.5, 0.6) is 0 Å².